The maximum absolute atomic E-state index is 13.5. The Labute approximate surface area is 207 Å². The second-order valence-electron chi connectivity index (χ2n) is 7.37. The van der Waals surface area contributed by atoms with Crippen LogP contribution in [0.5, 0.6) is 11.5 Å². The van der Waals surface area contributed by atoms with Gasteiger partial charge in [0, 0.05) is 6.07 Å². The largest absolute Gasteiger partial charge is 0.494 e. The molecule has 1 amide bonds. The molecule has 182 valence electrons. The zero-order valence-corrected chi connectivity index (χ0v) is 20.7. The molecule has 0 fully saturated rings. The predicted molar refractivity (Wildman–Crippen MR) is 134 cm³/mol. The highest BCUT2D eigenvalue weighted by molar-refractivity contribution is 7.89. The van der Waals surface area contributed by atoms with Gasteiger partial charge < -0.3 is 14.8 Å². The molecule has 1 heterocycles. The average molecular weight is 513 g/mol. The third-order valence-corrected chi connectivity index (χ3v) is 7.02. The summed E-state index contributed by atoms with van der Waals surface area (Å²) in [6, 6.07) is 17.2. The van der Waals surface area contributed by atoms with E-state index in [4.69, 9.17) is 9.47 Å². The number of ether oxygens (including phenoxy) is 2. The lowest BCUT2D eigenvalue weighted by Gasteiger charge is -2.20. The van der Waals surface area contributed by atoms with Gasteiger partial charge in [0.25, 0.3) is 0 Å². The first-order chi connectivity index (χ1) is 16.9. The van der Waals surface area contributed by atoms with E-state index in [9.17, 15) is 13.2 Å². The molecule has 0 saturated carbocycles. The SMILES string of the molecule is CCOc1ccc(OCC)c(NC(=O)[C@@H](NS(=O)(=O)c2cccc3nsnc23)c2ccccc2)c1. The van der Waals surface area contributed by atoms with Crippen molar-refractivity contribution in [2.24, 2.45) is 0 Å². The molecule has 0 aliphatic carbocycles. The molecule has 0 radical (unpaired) electrons. The van der Waals surface area contributed by atoms with Crippen molar-refractivity contribution in [3.8, 4) is 11.5 Å². The van der Waals surface area contributed by atoms with Crippen LogP contribution < -0.4 is 19.5 Å². The van der Waals surface area contributed by atoms with Gasteiger partial charge in [-0.2, -0.15) is 13.5 Å². The van der Waals surface area contributed by atoms with Crippen molar-refractivity contribution in [3.63, 3.8) is 0 Å². The molecular formula is C24H24N4O5S2. The number of anilines is 1. The van der Waals surface area contributed by atoms with Gasteiger partial charge in [-0.1, -0.05) is 36.4 Å². The van der Waals surface area contributed by atoms with Crippen LogP contribution in [0.1, 0.15) is 25.5 Å². The average Bonchev–Trinajstić information content (AvgIpc) is 3.34. The summed E-state index contributed by atoms with van der Waals surface area (Å²) in [6.45, 7) is 4.52. The van der Waals surface area contributed by atoms with Crippen LogP contribution in [0.15, 0.2) is 71.6 Å². The highest BCUT2D eigenvalue weighted by Crippen LogP contribution is 2.31. The van der Waals surface area contributed by atoms with Gasteiger partial charge in [-0.3, -0.25) is 4.79 Å². The topological polar surface area (TPSA) is 120 Å². The summed E-state index contributed by atoms with van der Waals surface area (Å²) in [6.07, 6.45) is 0. The van der Waals surface area contributed by atoms with Crippen LogP contribution in [0.4, 0.5) is 5.69 Å². The molecule has 35 heavy (non-hydrogen) atoms. The van der Waals surface area contributed by atoms with E-state index in [2.05, 4.69) is 18.8 Å². The van der Waals surface area contributed by atoms with Crippen molar-refractivity contribution in [3.05, 3.63) is 72.3 Å². The number of hydrogen-bond acceptors (Lipinski definition) is 8. The number of fused-ring (bicyclic) bond motifs is 1. The molecule has 4 rings (SSSR count). The molecule has 3 aromatic carbocycles. The smallest absolute Gasteiger partial charge is 0.247 e. The van der Waals surface area contributed by atoms with Crippen molar-refractivity contribution in [2.75, 3.05) is 18.5 Å². The van der Waals surface area contributed by atoms with Gasteiger partial charge in [-0.05, 0) is 43.7 Å². The monoisotopic (exact) mass is 512 g/mol. The van der Waals surface area contributed by atoms with Gasteiger partial charge in [-0.15, -0.1) is 0 Å². The number of carbonyl (C=O) groups excluding carboxylic acids is 1. The zero-order valence-electron chi connectivity index (χ0n) is 19.1. The third kappa shape index (κ3) is 5.59. The van der Waals surface area contributed by atoms with Gasteiger partial charge >= 0.3 is 0 Å². The standard InChI is InChI=1S/C24H24N4O5S2/c1-3-32-17-13-14-20(33-4-2)19(15-17)25-24(29)22(16-9-6-5-7-10-16)28-35(30,31)21-12-8-11-18-23(21)27-34-26-18/h5-15,22,28H,3-4H2,1-2H3,(H,25,29)/t22-/m0/s1. The minimum absolute atomic E-state index is 0.0502. The molecule has 1 aromatic heterocycles. The number of carbonyl (C=O) groups is 1. The molecule has 0 aliphatic heterocycles. The lowest BCUT2D eigenvalue weighted by atomic mass is 10.1. The summed E-state index contributed by atoms with van der Waals surface area (Å²) >= 11 is 0.921. The summed E-state index contributed by atoms with van der Waals surface area (Å²) in [5.41, 5.74) is 1.55. The molecule has 4 aromatic rings. The molecule has 1 atom stereocenters. The maximum Gasteiger partial charge on any atom is 0.247 e. The number of rotatable bonds is 10. The first-order valence-corrected chi connectivity index (χ1v) is 13.1. The van der Waals surface area contributed by atoms with Gasteiger partial charge in [0.1, 0.15) is 33.5 Å². The molecule has 0 bridgehead atoms. The lowest BCUT2D eigenvalue weighted by molar-refractivity contribution is -0.117. The zero-order chi connectivity index (χ0) is 24.8. The number of nitrogens with one attached hydrogen (secondary N) is 2. The maximum atomic E-state index is 13.5. The molecule has 0 aliphatic rings. The van der Waals surface area contributed by atoms with Crippen molar-refractivity contribution in [1.82, 2.24) is 13.5 Å². The summed E-state index contributed by atoms with van der Waals surface area (Å²) in [4.78, 5) is 13.5. The van der Waals surface area contributed by atoms with E-state index in [0.29, 0.717) is 41.5 Å². The van der Waals surface area contributed by atoms with Crippen molar-refractivity contribution in [2.45, 2.75) is 24.8 Å². The Balaban J connectivity index is 1.70. The van der Waals surface area contributed by atoms with Gasteiger partial charge in [0.15, 0.2) is 0 Å². The number of nitrogens with zero attached hydrogens (tertiary/aromatic N) is 2. The van der Waals surface area contributed by atoms with Crippen molar-refractivity contribution < 1.29 is 22.7 Å². The second kappa shape index (κ2) is 10.8. The van der Waals surface area contributed by atoms with E-state index < -0.39 is 22.0 Å². The summed E-state index contributed by atoms with van der Waals surface area (Å²) in [7, 11) is -4.14. The van der Waals surface area contributed by atoms with Crippen LogP contribution >= 0.6 is 11.7 Å². The van der Waals surface area contributed by atoms with E-state index in [0.717, 1.165) is 11.7 Å². The first kappa shape index (κ1) is 24.6. The number of aromatic nitrogens is 2. The van der Waals surface area contributed by atoms with Crippen molar-refractivity contribution >= 4 is 44.4 Å². The Morgan fingerprint density at radius 1 is 0.971 bits per heavy atom. The van der Waals surface area contributed by atoms with E-state index in [1.54, 1.807) is 60.7 Å². The Kier molecular flexibility index (Phi) is 7.59. The highest BCUT2D eigenvalue weighted by Gasteiger charge is 2.29. The van der Waals surface area contributed by atoms with E-state index >= 15 is 0 Å². The van der Waals surface area contributed by atoms with E-state index in [-0.39, 0.29) is 10.4 Å². The molecule has 0 saturated heterocycles. The minimum atomic E-state index is -4.14. The first-order valence-electron chi connectivity index (χ1n) is 10.9. The third-order valence-electron chi connectivity index (χ3n) is 5.03. The Morgan fingerprint density at radius 3 is 2.49 bits per heavy atom. The molecule has 0 unspecified atom stereocenters. The quantitative estimate of drug-likeness (QED) is 0.328. The summed E-state index contributed by atoms with van der Waals surface area (Å²) in [5, 5.41) is 2.80. The van der Waals surface area contributed by atoms with Gasteiger partial charge in [0.2, 0.25) is 15.9 Å². The number of benzene rings is 3. The fourth-order valence-electron chi connectivity index (χ4n) is 3.48. The van der Waals surface area contributed by atoms with Crippen LogP contribution in [0.2, 0.25) is 0 Å². The van der Waals surface area contributed by atoms with Crippen LogP contribution in [-0.4, -0.2) is 36.3 Å². The van der Waals surface area contributed by atoms with Crippen molar-refractivity contribution in [1.29, 1.82) is 0 Å². The van der Waals surface area contributed by atoms with E-state index in [1.807, 2.05) is 13.8 Å². The van der Waals surface area contributed by atoms with E-state index in [1.165, 1.54) is 6.07 Å². The Hall–Kier alpha value is -3.54. The fourth-order valence-corrected chi connectivity index (χ4v) is 5.44. The summed E-state index contributed by atoms with van der Waals surface area (Å²) < 4.78 is 48.7. The normalized spacial score (nSPS) is 12.3. The second-order valence-corrected chi connectivity index (χ2v) is 9.58. The highest BCUT2D eigenvalue weighted by atomic mass is 32.2. The Bertz CT molecular complexity index is 1420. The molecule has 2 N–H and O–H groups in total. The molecule has 9 nitrogen and oxygen atoms in total. The molecular weight excluding hydrogens is 488 g/mol. The van der Waals surface area contributed by atoms with Gasteiger partial charge in [0.05, 0.1) is 30.6 Å². The fraction of sp³-hybridized carbons (Fsp3) is 0.208. The number of hydrogen-bond donors (Lipinski definition) is 2. The van der Waals surface area contributed by atoms with Crippen LogP contribution in [-0.2, 0) is 14.8 Å². The van der Waals surface area contributed by atoms with Crippen LogP contribution in [0.3, 0.4) is 0 Å². The summed E-state index contributed by atoms with van der Waals surface area (Å²) in [5.74, 6) is 0.404. The number of amides is 1. The lowest BCUT2D eigenvalue weighted by Crippen LogP contribution is -2.37. The molecule has 0 spiro atoms. The Morgan fingerprint density at radius 2 is 1.74 bits per heavy atom. The minimum Gasteiger partial charge on any atom is -0.494 e. The number of sulfonamides is 1. The van der Waals surface area contributed by atoms with Crippen LogP contribution in [0.25, 0.3) is 11.0 Å². The van der Waals surface area contributed by atoms with Gasteiger partial charge in [-0.25, -0.2) is 8.42 Å². The molecule has 11 heteroatoms. The van der Waals surface area contributed by atoms with Crippen LogP contribution in [0, 0.1) is 0 Å². The predicted octanol–water partition coefficient (Wildman–Crippen LogP) is 4.15.